The van der Waals surface area contributed by atoms with Crippen LogP contribution in [-0.2, 0) is 31.7 Å². The molecule has 10 heteroatoms. The Balaban J connectivity index is 1.86. The summed E-state index contributed by atoms with van der Waals surface area (Å²) in [6, 6.07) is 15.1. The zero-order valence-electron chi connectivity index (χ0n) is 16.7. The SMILES string of the molecule is NC(=O)[C@H](CC[S@@](=O)c1ccccc1)NC(=O)[C@H](CO)NC(=O)OCc1ccccc1. The minimum absolute atomic E-state index is 0.0123. The monoisotopic (exact) mass is 447 g/mol. The largest absolute Gasteiger partial charge is 0.445 e. The molecule has 3 atom stereocenters. The van der Waals surface area contributed by atoms with Gasteiger partial charge in [-0.1, -0.05) is 48.5 Å². The van der Waals surface area contributed by atoms with E-state index in [0.29, 0.717) is 4.90 Å². The summed E-state index contributed by atoms with van der Waals surface area (Å²) in [5.41, 5.74) is 6.09. The molecule has 0 bridgehead atoms. The van der Waals surface area contributed by atoms with Crippen LogP contribution in [0.4, 0.5) is 4.79 Å². The summed E-state index contributed by atoms with van der Waals surface area (Å²) in [5.74, 6) is -1.54. The highest BCUT2D eigenvalue weighted by molar-refractivity contribution is 7.85. The quantitative estimate of drug-likeness (QED) is 0.393. The minimum atomic E-state index is -1.38. The lowest BCUT2D eigenvalue weighted by molar-refractivity contribution is -0.129. The summed E-state index contributed by atoms with van der Waals surface area (Å²) >= 11 is 0. The summed E-state index contributed by atoms with van der Waals surface area (Å²) in [7, 11) is -1.38. The lowest BCUT2D eigenvalue weighted by atomic mass is 10.2. The first-order chi connectivity index (χ1) is 14.9. The Morgan fingerprint density at radius 3 is 2.16 bits per heavy atom. The van der Waals surface area contributed by atoms with E-state index in [4.69, 9.17) is 10.5 Å². The highest BCUT2D eigenvalue weighted by atomic mass is 32.2. The highest BCUT2D eigenvalue weighted by Crippen LogP contribution is 2.08. The van der Waals surface area contributed by atoms with Crippen LogP contribution in [0, 0.1) is 0 Å². The number of alkyl carbamates (subject to hydrolysis) is 1. The first-order valence-electron chi connectivity index (χ1n) is 9.52. The molecule has 0 radical (unpaired) electrons. The molecule has 0 aliphatic rings. The van der Waals surface area contributed by atoms with Crippen molar-refractivity contribution >= 4 is 28.7 Å². The summed E-state index contributed by atoms with van der Waals surface area (Å²) < 4.78 is 17.3. The predicted molar refractivity (Wildman–Crippen MR) is 114 cm³/mol. The van der Waals surface area contributed by atoms with E-state index < -0.39 is 47.4 Å². The number of hydrogen-bond acceptors (Lipinski definition) is 6. The number of nitrogens with two attached hydrogens (primary N) is 1. The van der Waals surface area contributed by atoms with Crippen LogP contribution in [0.1, 0.15) is 12.0 Å². The molecule has 2 rings (SSSR count). The van der Waals surface area contributed by atoms with Crippen LogP contribution < -0.4 is 16.4 Å². The first kappa shape index (κ1) is 24.0. The Kier molecular flexibility index (Phi) is 9.66. The van der Waals surface area contributed by atoms with Gasteiger partial charge in [-0.05, 0) is 24.1 Å². The van der Waals surface area contributed by atoms with Gasteiger partial charge in [-0.15, -0.1) is 0 Å². The van der Waals surface area contributed by atoms with Crippen LogP contribution in [0.3, 0.4) is 0 Å². The van der Waals surface area contributed by atoms with Crippen molar-refractivity contribution in [3.05, 3.63) is 66.2 Å². The fourth-order valence-corrected chi connectivity index (χ4v) is 3.72. The van der Waals surface area contributed by atoms with Crippen LogP contribution >= 0.6 is 0 Å². The van der Waals surface area contributed by atoms with Gasteiger partial charge in [0.2, 0.25) is 11.8 Å². The molecule has 0 aromatic heterocycles. The molecule has 0 saturated heterocycles. The van der Waals surface area contributed by atoms with E-state index in [9.17, 15) is 23.7 Å². The maximum absolute atomic E-state index is 12.4. The lowest BCUT2D eigenvalue weighted by Gasteiger charge is -2.20. The molecule has 0 heterocycles. The van der Waals surface area contributed by atoms with Crippen molar-refractivity contribution in [2.24, 2.45) is 5.73 Å². The van der Waals surface area contributed by atoms with Gasteiger partial charge in [0.1, 0.15) is 18.7 Å². The van der Waals surface area contributed by atoms with Gasteiger partial charge < -0.3 is 26.2 Å². The molecule has 5 N–H and O–H groups in total. The number of ether oxygens (including phenoxy) is 1. The third kappa shape index (κ3) is 8.19. The van der Waals surface area contributed by atoms with E-state index in [1.165, 1.54) is 0 Å². The van der Waals surface area contributed by atoms with Crippen LogP contribution in [0.25, 0.3) is 0 Å². The second-order valence-corrected chi connectivity index (χ2v) is 8.13. The third-order valence-electron chi connectivity index (χ3n) is 4.26. The molecule has 0 unspecified atom stereocenters. The van der Waals surface area contributed by atoms with E-state index in [0.717, 1.165) is 5.56 Å². The van der Waals surface area contributed by atoms with Crippen molar-refractivity contribution < 1.29 is 28.4 Å². The summed E-state index contributed by atoms with van der Waals surface area (Å²) in [6.07, 6.45) is -0.877. The Bertz CT molecular complexity index is 895. The molecule has 0 fully saturated rings. The minimum Gasteiger partial charge on any atom is -0.445 e. The average Bonchev–Trinajstić information content (AvgIpc) is 2.79. The fraction of sp³-hybridized carbons (Fsp3) is 0.286. The second kappa shape index (κ2) is 12.5. The molecule has 0 aliphatic carbocycles. The zero-order chi connectivity index (χ0) is 22.6. The van der Waals surface area contributed by atoms with Gasteiger partial charge in [-0.2, -0.15) is 0 Å². The number of benzene rings is 2. The van der Waals surface area contributed by atoms with Crippen molar-refractivity contribution in [3.8, 4) is 0 Å². The molecule has 3 amide bonds. The fourth-order valence-electron chi connectivity index (χ4n) is 2.57. The number of carbonyl (C=O) groups is 3. The molecule has 0 saturated carbocycles. The molecule has 0 spiro atoms. The molecule has 31 heavy (non-hydrogen) atoms. The number of carbonyl (C=O) groups excluding carboxylic acids is 3. The molecular weight excluding hydrogens is 422 g/mol. The Morgan fingerprint density at radius 1 is 0.968 bits per heavy atom. The Hall–Kier alpha value is -3.24. The Labute approximate surface area is 182 Å². The molecule has 9 nitrogen and oxygen atoms in total. The van der Waals surface area contributed by atoms with E-state index in [1.54, 1.807) is 54.6 Å². The third-order valence-corrected chi connectivity index (χ3v) is 5.67. The molecule has 166 valence electrons. The van der Waals surface area contributed by atoms with Gasteiger partial charge in [0.15, 0.2) is 0 Å². The van der Waals surface area contributed by atoms with Crippen molar-refractivity contribution in [1.29, 1.82) is 0 Å². The average molecular weight is 448 g/mol. The van der Waals surface area contributed by atoms with Gasteiger partial charge in [0.25, 0.3) is 0 Å². The van der Waals surface area contributed by atoms with Crippen molar-refractivity contribution in [3.63, 3.8) is 0 Å². The number of aliphatic hydroxyl groups is 1. The number of rotatable bonds is 11. The van der Waals surface area contributed by atoms with Gasteiger partial charge in [0.05, 0.1) is 17.4 Å². The standard InChI is InChI=1S/C21H25N3O6S/c22-19(26)17(11-12-31(29)16-9-5-2-6-10-16)23-20(27)18(13-25)24-21(28)30-14-15-7-3-1-4-8-15/h1-10,17-18,25H,11-14H2,(H2,22,26)(H,23,27)(H,24,28)/t17-,18-,31+/m0/s1. The maximum Gasteiger partial charge on any atom is 0.408 e. The smallest absolute Gasteiger partial charge is 0.408 e. The van der Waals surface area contributed by atoms with Crippen molar-refractivity contribution in [2.75, 3.05) is 12.4 Å². The summed E-state index contributed by atoms with van der Waals surface area (Å²) in [4.78, 5) is 36.6. The normalized spacial score (nSPS) is 13.5. The molecule has 2 aromatic rings. The van der Waals surface area contributed by atoms with Crippen LogP contribution in [0.5, 0.6) is 0 Å². The van der Waals surface area contributed by atoms with Gasteiger partial charge >= 0.3 is 6.09 Å². The van der Waals surface area contributed by atoms with E-state index >= 15 is 0 Å². The van der Waals surface area contributed by atoms with E-state index in [-0.39, 0.29) is 18.8 Å². The van der Waals surface area contributed by atoms with Gasteiger partial charge in [-0.3, -0.25) is 13.8 Å². The molecular formula is C21H25N3O6S. The second-order valence-electron chi connectivity index (χ2n) is 6.56. The van der Waals surface area contributed by atoms with Crippen LogP contribution in [-0.4, -0.2) is 51.7 Å². The number of nitrogens with one attached hydrogen (secondary N) is 2. The van der Waals surface area contributed by atoms with E-state index in [1.807, 2.05) is 6.07 Å². The van der Waals surface area contributed by atoms with Crippen molar-refractivity contribution in [1.82, 2.24) is 10.6 Å². The summed E-state index contributed by atoms with van der Waals surface area (Å²) in [6.45, 7) is -0.727. The Morgan fingerprint density at radius 2 is 1.58 bits per heavy atom. The van der Waals surface area contributed by atoms with Crippen molar-refractivity contribution in [2.45, 2.75) is 30.0 Å². The predicted octanol–water partition coefficient (Wildman–Crippen LogP) is 0.442. The number of amides is 3. The molecule has 0 aliphatic heterocycles. The van der Waals surface area contributed by atoms with E-state index in [2.05, 4.69) is 10.6 Å². The first-order valence-corrected chi connectivity index (χ1v) is 10.8. The highest BCUT2D eigenvalue weighted by Gasteiger charge is 2.26. The molecule has 2 aromatic carbocycles. The number of aliphatic hydroxyl groups excluding tert-OH is 1. The topological polar surface area (TPSA) is 148 Å². The van der Waals surface area contributed by atoms with Gasteiger partial charge in [-0.25, -0.2) is 4.79 Å². The zero-order valence-corrected chi connectivity index (χ0v) is 17.5. The van der Waals surface area contributed by atoms with Crippen LogP contribution in [0.2, 0.25) is 0 Å². The summed E-state index contributed by atoms with van der Waals surface area (Å²) in [5, 5.41) is 14.1. The lowest BCUT2D eigenvalue weighted by Crippen LogP contribution is -2.54. The number of hydrogen-bond donors (Lipinski definition) is 4. The van der Waals surface area contributed by atoms with Gasteiger partial charge in [0, 0.05) is 10.6 Å². The number of primary amides is 1. The maximum atomic E-state index is 12.4. The van der Waals surface area contributed by atoms with Crippen LogP contribution in [0.15, 0.2) is 65.6 Å².